The van der Waals surface area contributed by atoms with Crippen LogP contribution in [0.25, 0.3) is 0 Å². The number of hydrogen-bond donors (Lipinski definition) is 0. The zero-order chi connectivity index (χ0) is 8.18. The van der Waals surface area contributed by atoms with Gasteiger partial charge in [0, 0.05) is 21.8 Å². The molecule has 2 bridgehead atoms. The standard InChI is InChI=1S/C10H10BrN/c11-8-1-2-12-9(3-8)10-4-7(5-10)6-10/h1-3,7H,4-6H2. The summed E-state index contributed by atoms with van der Waals surface area (Å²) in [5.41, 5.74) is 1.81. The predicted octanol–water partition coefficient (Wildman–Crippen LogP) is 2.90. The van der Waals surface area contributed by atoms with E-state index in [0.717, 1.165) is 10.4 Å². The summed E-state index contributed by atoms with van der Waals surface area (Å²) >= 11 is 3.49. The Labute approximate surface area is 80.3 Å². The molecule has 0 unspecified atom stereocenters. The lowest BCUT2D eigenvalue weighted by Crippen LogP contribution is -2.55. The van der Waals surface area contributed by atoms with Crippen molar-refractivity contribution in [2.75, 3.05) is 0 Å². The lowest BCUT2D eigenvalue weighted by molar-refractivity contribution is -0.0309. The first-order chi connectivity index (χ1) is 5.78. The van der Waals surface area contributed by atoms with Gasteiger partial charge < -0.3 is 0 Å². The lowest BCUT2D eigenvalue weighted by Gasteiger charge is -2.61. The van der Waals surface area contributed by atoms with E-state index < -0.39 is 0 Å². The number of halogens is 1. The number of rotatable bonds is 1. The maximum atomic E-state index is 4.44. The fourth-order valence-electron chi connectivity index (χ4n) is 2.49. The molecule has 1 aromatic rings. The van der Waals surface area contributed by atoms with Crippen molar-refractivity contribution in [3.8, 4) is 0 Å². The first kappa shape index (κ1) is 7.07. The van der Waals surface area contributed by atoms with Gasteiger partial charge in [0.1, 0.15) is 0 Å². The Balaban J connectivity index is 2.01. The summed E-state index contributed by atoms with van der Waals surface area (Å²) in [6.45, 7) is 0. The third-order valence-corrected chi connectivity index (χ3v) is 3.80. The van der Waals surface area contributed by atoms with Crippen LogP contribution in [-0.4, -0.2) is 4.98 Å². The van der Waals surface area contributed by atoms with Crippen molar-refractivity contribution in [2.45, 2.75) is 24.7 Å². The Hall–Kier alpha value is -0.370. The van der Waals surface area contributed by atoms with Crippen LogP contribution in [0.5, 0.6) is 0 Å². The average molecular weight is 224 g/mol. The van der Waals surface area contributed by atoms with Crippen LogP contribution in [-0.2, 0) is 5.41 Å². The predicted molar refractivity (Wildman–Crippen MR) is 51.0 cm³/mol. The molecule has 62 valence electrons. The minimum Gasteiger partial charge on any atom is -0.261 e. The summed E-state index contributed by atoms with van der Waals surface area (Å²) < 4.78 is 1.16. The number of nitrogens with zero attached hydrogens (tertiary/aromatic N) is 1. The molecule has 0 spiro atoms. The molecule has 1 heterocycles. The van der Waals surface area contributed by atoms with Crippen molar-refractivity contribution >= 4 is 15.9 Å². The van der Waals surface area contributed by atoms with Crippen molar-refractivity contribution in [1.29, 1.82) is 0 Å². The molecule has 3 aliphatic rings. The van der Waals surface area contributed by atoms with Gasteiger partial charge in [0.25, 0.3) is 0 Å². The maximum absolute atomic E-state index is 4.44. The van der Waals surface area contributed by atoms with Gasteiger partial charge in [-0.25, -0.2) is 0 Å². The second-order valence-corrected chi connectivity index (χ2v) is 5.03. The molecule has 0 N–H and O–H groups in total. The largest absolute Gasteiger partial charge is 0.261 e. The molecule has 1 aromatic heterocycles. The van der Waals surface area contributed by atoms with Crippen LogP contribution in [0.3, 0.4) is 0 Å². The molecule has 4 rings (SSSR count). The minimum atomic E-state index is 0.508. The van der Waals surface area contributed by atoms with E-state index in [0.29, 0.717) is 5.41 Å². The Morgan fingerprint density at radius 1 is 1.42 bits per heavy atom. The molecule has 3 fully saturated rings. The zero-order valence-electron chi connectivity index (χ0n) is 6.76. The van der Waals surface area contributed by atoms with Gasteiger partial charge in [-0.1, -0.05) is 15.9 Å². The Bertz CT molecular complexity index is 317. The topological polar surface area (TPSA) is 12.9 Å². The Morgan fingerprint density at radius 3 is 2.67 bits per heavy atom. The zero-order valence-corrected chi connectivity index (χ0v) is 8.34. The number of aromatic nitrogens is 1. The molecular formula is C10H10BrN. The fourth-order valence-corrected chi connectivity index (χ4v) is 2.82. The maximum Gasteiger partial charge on any atom is 0.0476 e. The van der Waals surface area contributed by atoms with Crippen LogP contribution < -0.4 is 0 Å². The third-order valence-electron chi connectivity index (χ3n) is 3.30. The minimum absolute atomic E-state index is 0.508. The smallest absolute Gasteiger partial charge is 0.0476 e. The van der Waals surface area contributed by atoms with Crippen LogP contribution in [0.1, 0.15) is 25.0 Å². The van der Waals surface area contributed by atoms with E-state index in [1.54, 1.807) is 0 Å². The second kappa shape index (κ2) is 2.11. The average Bonchev–Trinajstić information content (AvgIpc) is 1.79. The van der Waals surface area contributed by atoms with Gasteiger partial charge in [-0.3, -0.25) is 4.98 Å². The summed E-state index contributed by atoms with van der Waals surface area (Å²) in [6.07, 6.45) is 6.06. The summed E-state index contributed by atoms with van der Waals surface area (Å²) in [5.74, 6) is 1.03. The summed E-state index contributed by atoms with van der Waals surface area (Å²) in [7, 11) is 0. The van der Waals surface area contributed by atoms with Crippen LogP contribution in [0.15, 0.2) is 22.8 Å². The van der Waals surface area contributed by atoms with Crippen molar-refractivity contribution < 1.29 is 0 Å². The van der Waals surface area contributed by atoms with E-state index in [-0.39, 0.29) is 0 Å². The first-order valence-electron chi connectivity index (χ1n) is 4.41. The van der Waals surface area contributed by atoms with E-state index in [2.05, 4.69) is 27.0 Å². The monoisotopic (exact) mass is 223 g/mol. The van der Waals surface area contributed by atoms with E-state index in [4.69, 9.17) is 0 Å². The molecule has 3 aliphatic carbocycles. The van der Waals surface area contributed by atoms with Crippen LogP contribution in [0.2, 0.25) is 0 Å². The molecule has 0 amide bonds. The van der Waals surface area contributed by atoms with E-state index in [9.17, 15) is 0 Å². The molecule has 1 nitrogen and oxygen atoms in total. The number of hydrogen-bond acceptors (Lipinski definition) is 1. The van der Waals surface area contributed by atoms with Gasteiger partial charge in [-0.05, 0) is 37.3 Å². The van der Waals surface area contributed by atoms with E-state index in [1.165, 1.54) is 25.0 Å². The van der Waals surface area contributed by atoms with Crippen LogP contribution in [0.4, 0.5) is 0 Å². The molecule has 12 heavy (non-hydrogen) atoms. The van der Waals surface area contributed by atoms with Gasteiger partial charge in [-0.2, -0.15) is 0 Å². The van der Waals surface area contributed by atoms with E-state index in [1.807, 2.05) is 12.3 Å². The Kier molecular flexibility index (Phi) is 1.24. The van der Waals surface area contributed by atoms with Gasteiger partial charge in [0.15, 0.2) is 0 Å². The normalized spacial score (nSPS) is 36.9. The fraction of sp³-hybridized carbons (Fsp3) is 0.500. The number of pyridine rings is 1. The molecule has 2 heteroatoms. The Morgan fingerprint density at radius 2 is 2.17 bits per heavy atom. The van der Waals surface area contributed by atoms with Gasteiger partial charge in [0.05, 0.1) is 0 Å². The van der Waals surface area contributed by atoms with Gasteiger partial charge in [-0.15, -0.1) is 0 Å². The molecular weight excluding hydrogens is 214 g/mol. The lowest BCUT2D eigenvalue weighted by atomic mass is 9.43. The third kappa shape index (κ3) is 0.764. The highest BCUT2D eigenvalue weighted by molar-refractivity contribution is 9.10. The van der Waals surface area contributed by atoms with Crippen molar-refractivity contribution in [2.24, 2.45) is 5.92 Å². The highest BCUT2D eigenvalue weighted by Gasteiger charge is 2.58. The van der Waals surface area contributed by atoms with Crippen LogP contribution >= 0.6 is 15.9 Å². The molecule has 0 saturated heterocycles. The van der Waals surface area contributed by atoms with Crippen molar-refractivity contribution in [3.63, 3.8) is 0 Å². The van der Waals surface area contributed by atoms with Gasteiger partial charge in [0.2, 0.25) is 0 Å². The van der Waals surface area contributed by atoms with E-state index >= 15 is 0 Å². The van der Waals surface area contributed by atoms with Crippen molar-refractivity contribution in [1.82, 2.24) is 4.98 Å². The van der Waals surface area contributed by atoms with Crippen LogP contribution in [0, 0.1) is 5.92 Å². The SMILES string of the molecule is Brc1ccnc(C23CC(C2)C3)c1. The molecule has 0 aromatic carbocycles. The molecule has 0 atom stereocenters. The van der Waals surface area contributed by atoms with Crippen molar-refractivity contribution in [3.05, 3.63) is 28.5 Å². The molecule has 0 radical (unpaired) electrons. The summed E-state index contributed by atoms with van der Waals surface area (Å²) in [4.78, 5) is 4.44. The van der Waals surface area contributed by atoms with Gasteiger partial charge >= 0.3 is 0 Å². The highest BCUT2D eigenvalue weighted by atomic mass is 79.9. The second-order valence-electron chi connectivity index (χ2n) is 4.12. The highest BCUT2D eigenvalue weighted by Crippen LogP contribution is 2.64. The summed E-state index contributed by atoms with van der Waals surface area (Å²) in [5, 5.41) is 0. The quantitative estimate of drug-likeness (QED) is 0.714. The first-order valence-corrected chi connectivity index (χ1v) is 5.20. The molecule has 0 aliphatic heterocycles. The molecule has 3 saturated carbocycles. The summed E-state index contributed by atoms with van der Waals surface area (Å²) in [6, 6.07) is 4.17.